The van der Waals surface area contributed by atoms with Crippen molar-refractivity contribution in [2.24, 2.45) is 5.92 Å². The van der Waals surface area contributed by atoms with Crippen molar-refractivity contribution in [3.8, 4) is 0 Å². The fourth-order valence-electron chi connectivity index (χ4n) is 1.99. The normalized spacial score (nSPS) is 15.0. The van der Waals surface area contributed by atoms with Crippen molar-refractivity contribution in [1.82, 2.24) is 15.1 Å². The Hall–Kier alpha value is -0.830. The van der Waals surface area contributed by atoms with Gasteiger partial charge in [0.15, 0.2) is 0 Å². The number of nitrogens with one attached hydrogen (secondary N) is 1. The van der Waals surface area contributed by atoms with Crippen molar-refractivity contribution >= 4 is 0 Å². The lowest BCUT2D eigenvalue weighted by molar-refractivity contribution is 0.397. The average Bonchev–Trinajstić information content (AvgIpc) is 2.74. The SMILES string of the molecule is CCCn1nccc1C(CC(C)CC)NC. The average molecular weight is 223 g/mol. The van der Waals surface area contributed by atoms with Crippen molar-refractivity contribution in [2.75, 3.05) is 7.05 Å². The van der Waals surface area contributed by atoms with Gasteiger partial charge in [0.2, 0.25) is 0 Å². The van der Waals surface area contributed by atoms with Gasteiger partial charge >= 0.3 is 0 Å². The minimum absolute atomic E-state index is 0.434. The molecule has 16 heavy (non-hydrogen) atoms. The Morgan fingerprint density at radius 3 is 2.75 bits per heavy atom. The zero-order chi connectivity index (χ0) is 12.0. The summed E-state index contributed by atoms with van der Waals surface area (Å²) < 4.78 is 2.13. The highest BCUT2D eigenvalue weighted by Gasteiger charge is 2.16. The molecule has 0 bridgehead atoms. The van der Waals surface area contributed by atoms with E-state index in [1.54, 1.807) is 0 Å². The van der Waals surface area contributed by atoms with E-state index < -0.39 is 0 Å². The standard InChI is InChI=1S/C13H25N3/c1-5-9-16-13(7-8-15-16)12(14-4)10-11(3)6-2/h7-8,11-12,14H,5-6,9-10H2,1-4H3. The van der Waals surface area contributed by atoms with Crippen LogP contribution in [-0.4, -0.2) is 16.8 Å². The van der Waals surface area contributed by atoms with Crippen LogP contribution in [0.2, 0.25) is 0 Å². The van der Waals surface area contributed by atoms with Gasteiger partial charge in [-0.05, 0) is 31.9 Å². The molecule has 1 rings (SSSR count). The Morgan fingerprint density at radius 2 is 2.19 bits per heavy atom. The van der Waals surface area contributed by atoms with Gasteiger partial charge in [-0.25, -0.2) is 0 Å². The van der Waals surface area contributed by atoms with Crippen molar-refractivity contribution in [3.63, 3.8) is 0 Å². The van der Waals surface area contributed by atoms with Gasteiger partial charge in [-0.1, -0.05) is 27.2 Å². The molecule has 0 spiro atoms. The second-order valence-electron chi connectivity index (χ2n) is 4.57. The third-order valence-electron chi connectivity index (χ3n) is 3.23. The molecule has 0 saturated heterocycles. The number of aryl methyl sites for hydroxylation is 1. The molecular formula is C13H25N3. The Balaban J connectivity index is 2.73. The molecule has 2 atom stereocenters. The molecule has 0 amide bonds. The summed E-state index contributed by atoms with van der Waals surface area (Å²) in [4.78, 5) is 0. The summed E-state index contributed by atoms with van der Waals surface area (Å²) in [5, 5.41) is 7.79. The largest absolute Gasteiger partial charge is 0.312 e. The molecule has 1 aromatic rings. The molecule has 0 fully saturated rings. The van der Waals surface area contributed by atoms with E-state index in [0.29, 0.717) is 6.04 Å². The molecule has 0 aromatic carbocycles. The van der Waals surface area contributed by atoms with E-state index in [1.807, 2.05) is 13.2 Å². The van der Waals surface area contributed by atoms with E-state index in [-0.39, 0.29) is 0 Å². The van der Waals surface area contributed by atoms with Crippen LogP contribution in [0.3, 0.4) is 0 Å². The summed E-state index contributed by atoms with van der Waals surface area (Å²) in [6, 6.07) is 2.57. The van der Waals surface area contributed by atoms with E-state index in [0.717, 1.165) is 18.9 Å². The van der Waals surface area contributed by atoms with Crippen LogP contribution in [0.15, 0.2) is 12.3 Å². The number of aromatic nitrogens is 2. The molecule has 0 saturated carbocycles. The molecule has 1 heterocycles. The highest BCUT2D eigenvalue weighted by Crippen LogP contribution is 2.22. The summed E-state index contributed by atoms with van der Waals surface area (Å²) in [5.41, 5.74) is 1.32. The lowest BCUT2D eigenvalue weighted by Crippen LogP contribution is -2.22. The highest BCUT2D eigenvalue weighted by atomic mass is 15.3. The van der Waals surface area contributed by atoms with Gasteiger partial charge < -0.3 is 5.32 Å². The fraction of sp³-hybridized carbons (Fsp3) is 0.769. The van der Waals surface area contributed by atoms with E-state index in [1.165, 1.54) is 18.5 Å². The Kier molecular flexibility index (Phi) is 5.53. The van der Waals surface area contributed by atoms with Gasteiger partial charge in [-0.15, -0.1) is 0 Å². The van der Waals surface area contributed by atoms with Gasteiger partial charge in [-0.3, -0.25) is 4.68 Å². The van der Waals surface area contributed by atoms with Gasteiger partial charge in [0.25, 0.3) is 0 Å². The first kappa shape index (κ1) is 13.2. The number of nitrogens with zero attached hydrogens (tertiary/aromatic N) is 2. The molecule has 92 valence electrons. The van der Waals surface area contributed by atoms with Crippen molar-refractivity contribution in [1.29, 1.82) is 0 Å². The maximum Gasteiger partial charge on any atom is 0.0553 e. The predicted octanol–water partition coefficient (Wildman–Crippen LogP) is 2.99. The van der Waals surface area contributed by atoms with Crippen LogP contribution in [0.1, 0.15) is 51.8 Å². The maximum absolute atomic E-state index is 4.38. The van der Waals surface area contributed by atoms with Crippen LogP contribution in [0.25, 0.3) is 0 Å². The van der Waals surface area contributed by atoms with Gasteiger partial charge in [-0.2, -0.15) is 5.10 Å². The lowest BCUT2D eigenvalue weighted by Gasteiger charge is -2.20. The Bertz CT molecular complexity index is 293. The van der Waals surface area contributed by atoms with Crippen molar-refractivity contribution < 1.29 is 0 Å². The molecule has 0 aliphatic heterocycles. The second-order valence-corrected chi connectivity index (χ2v) is 4.57. The summed E-state index contributed by atoms with van der Waals surface area (Å²) in [6.07, 6.45) is 5.46. The predicted molar refractivity (Wildman–Crippen MR) is 68.4 cm³/mol. The van der Waals surface area contributed by atoms with Crippen LogP contribution in [-0.2, 0) is 6.54 Å². The van der Waals surface area contributed by atoms with E-state index in [9.17, 15) is 0 Å². The minimum atomic E-state index is 0.434. The van der Waals surface area contributed by atoms with Gasteiger partial charge in [0.05, 0.1) is 5.69 Å². The summed E-state index contributed by atoms with van der Waals surface area (Å²) >= 11 is 0. The van der Waals surface area contributed by atoms with E-state index in [4.69, 9.17) is 0 Å². The monoisotopic (exact) mass is 223 g/mol. The molecule has 0 radical (unpaired) electrons. The molecule has 1 aromatic heterocycles. The van der Waals surface area contributed by atoms with Crippen LogP contribution in [0.4, 0.5) is 0 Å². The number of rotatable bonds is 7. The number of hydrogen-bond donors (Lipinski definition) is 1. The first-order chi connectivity index (χ1) is 7.72. The Labute approximate surface area is 99.2 Å². The van der Waals surface area contributed by atoms with Gasteiger partial charge in [0, 0.05) is 18.8 Å². The summed E-state index contributed by atoms with van der Waals surface area (Å²) in [5.74, 6) is 0.752. The first-order valence-corrected chi connectivity index (χ1v) is 6.41. The smallest absolute Gasteiger partial charge is 0.0553 e. The maximum atomic E-state index is 4.38. The zero-order valence-electron chi connectivity index (χ0n) is 11.0. The Morgan fingerprint density at radius 1 is 1.44 bits per heavy atom. The minimum Gasteiger partial charge on any atom is -0.312 e. The fourth-order valence-corrected chi connectivity index (χ4v) is 1.99. The highest BCUT2D eigenvalue weighted by molar-refractivity contribution is 5.07. The first-order valence-electron chi connectivity index (χ1n) is 6.41. The lowest BCUT2D eigenvalue weighted by atomic mass is 9.97. The molecule has 3 nitrogen and oxygen atoms in total. The topological polar surface area (TPSA) is 29.9 Å². The van der Waals surface area contributed by atoms with E-state index in [2.05, 4.69) is 41.9 Å². The molecule has 3 heteroatoms. The zero-order valence-corrected chi connectivity index (χ0v) is 11.0. The third kappa shape index (κ3) is 3.34. The van der Waals surface area contributed by atoms with Gasteiger partial charge in [0.1, 0.15) is 0 Å². The number of hydrogen-bond acceptors (Lipinski definition) is 2. The summed E-state index contributed by atoms with van der Waals surface area (Å²) in [6.45, 7) is 7.77. The van der Waals surface area contributed by atoms with Crippen LogP contribution in [0, 0.1) is 5.92 Å². The van der Waals surface area contributed by atoms with Crippen molar-refractivity contribution in [2.45, 2.75) is 52.6 Å². The molecule has 0 aliphatic carbocycles. The van der Waals surface area contributed by atoms with Crippen LogP contribution in [0.5, 0.6) is 0 Å². The molecule has 2 unspecified atom stereocenters. The van der Waals surface area contributed by atoms with Crippen LogP contribution >= 0.6 is 0 Å². The second kappa shape index (κ2) is 6.69. The molecule has 1 N–H and O–H groups in total. The molecule has 0 aliphatic rings. The van der Waals surface area contributed by atoms with E-state index >= 15 is 0 Å². The van der Waals surface area contributed by atoms with Crippen molar-refractivity contribution in [3.05, 3.63) is 18.0 Å². The quantitative estimate of drug-likeness (QED) is 0.770. The third-order valence-corrected chi connectivity index (χ3v) is 3.23. The van der Waals surface area contributed by atoms with Crippen LogP contribution < -0.4 is 5.32 Å². The summed E-state index contributed by atoms with van der Waals surface area (Å²) in [7, 11) is 2.04. The molecular weight excluding hydrogens is 198 g/mol.